The molecule has 0 radical (unpaired) electrons. The number of hydrogen-bond acceptors (Lipinski definition) is 4. The fourth-order valence-corrected chi connectivity index (χ4v) is 2.43. The Kier molecular flexibility index (Phi) is 4.27. The molecule has 0 bridgehead atoms. The highest BCUT2D eigenvalue weighted by molar-refractivity contribution is 6.09. The molecule has 1 N–H and O–H groups in total. The first-order valence-corrected chi connectivity index (χ1v) is 7.92. The van der Waals surface area contributed by atoms with Crippen LogP contribution in [0, 0.1) is 10.1 Å². The Balaban J connectivity index is 2.11. The van der Waals surface area contributed by atoms with Crippen molar-refractivity contribution in [3.63, 3.8) is 0 Å². The van der Waals surface area contributed by atoms with Gasteiger partial charge in [-0.15, -0.1) is 0 Å². The fraction of sp³-hybridized carbons (Fsp3) is 0.211. The summed E-state index contributed by atoms with van der Waals surface area (Å²) in [5.74, 6) is 1.73. The molecule has 3 rings (SSSR count). The maximum atomic E-state index is 11.1. The molecule has 0 atom stereocenters. The smallest absolute Gasteiger partial charge is 0.271 e. The minimum atomic E-state index is -0.432. The highest BCUT2D eigenvalue weighted by atomic mass is 16.6. The summed E-state index contributed by atoms with van der Waals surface area (Å²) in [5, 5.41) is 14.2. The minimum Gasteiger partial charge on any atom is -0.454 e. The van der Waals surface area contributed by atoms with E-state index in [-0.39, 0.29) is 11.2 Å². The van der Waals surface area contributed by atoms with Gasteiger partial charge in [0.15, 0.2) is 5.75 Å². The molecule has 25 heavy (non-hydrogen) atoms. The number of aliphatic imine (C=N–C) groups is 1. The Morgan fingerprint density at radius 1 is 1.12 bits per heavy atom. The molecule has 1 aliphatic heterocycles. The van der Waals surface area contributed by atoms with E-state index in [0.29, 0.717) is 23.0 Å². The summed E-state index contributed by atoms with van der Waals surface area (Å²) in [6, 6.07) is 14.1. The summed E-state index contributed by atoms with van der Waals surface area (Å²) in [6.07, 6.45) is 1.81. The largest absolute Gasteiger partial charge is 0.454 e. The third-order valence-electron chi connectivity index (χ3n) is 3.44. The molecule has 1 heterocycles. The number of nitro groups is 1. The van der Waals surface area contributed by atoms with E-state index < -0.39 is 4.92 Å². The van der Waals surface area contributed by atoms with E-state index in [4.69, 9.17) is 4.74 Å². The molecule has 6 heteroatoms. The number of ether oxygens (including phenoxy) is 1. The van der Waals surface area contributed by atoms with Crippen LogP contribution in [-0.2, 0) is 0 Å². The number of benzene rings is 2. The number of amidine groups is 1. The number of rotatable bonds is 2. The topological polar surface area (TPSA) is 76.8 Å². The molecule has 128 valence electrons. The number of non-ortho nitro benzene ring substituents is 1. The lowest BCUT2D eigenvalue weighted by Crippen LogP contribution is -2.18. The number of hydrogen-bond donors (Lipinski definition) is 1. The van der Waals surface area contributed by atoms with Crippen LogP contribution in [0.4, 0.5) is 11.4 Å². The fourth-order valence-electron chi connectivity index (χ4n) is 2.43. The third-order valence-corrected chi connectivity index (χ3v) is 3.44. The third kappa shape index (κ3) is 4.03. The molecule has 0 aliphatic carbocycles. The van der Waals surface area contributed by atoms with Crippen molar-refractivity contribution in [3.05, 3.63) is 70.3 Å². The van der Waals surface area contributed by atoms with Crippen molar-refractivity contribution >= 4 is 23.0 Å². The molecular formula is C19H19N3O3. The van der Waals surface area contributed by atoms with Crippen molar-refractivity contribution in [2.45, 2.75) is 26.3 Å². The maximum absolute atomic E-state index is 11.1. The number of anilines is 1. The maximum Gasteiger partial charge on any atom is 0.271 e. The van der Waals surface area contributed by atoms with E-state index in [1.165, 1.54) is 12.1 Å². The second-order valence-electron chi connectivity index (χ2n) is 6.71. The first-order valence-electron chi connectivity index (χ1n) is 7.92. The lowest BCUT2D eigenvalue weighted by atomic mass is 10.1. The Morgan fingerprint density at radius 3 is 2.48 bits per heavy atom. The second-order valence-corrected chi connectivity index (χ2v) is 6.71. The van der Waals surface area contributed by atoms with Gasteiger partial charge < -0.3 is 10.1 Å². The average molecular weight is 337 g/mol. The Bertz CT molecular complexity index is 865. The van der Waals surface area contributed by atoms with Gasteiger partial charge in [0.1, 0.15) is 11.6 Å². The van der Waals surface area contributed by atoms with Crippen molar-refractivity contribution in [1.29, 1.82) is 0 Å². The van der Waals surface area contributed by atoms with Crippen LogP contribution in [0.1, 0.15) is 26.3 Å². The molecule has 0 saturated heterocycles. The monoisotopic (exact) mass is 337 g/mol. The zero-order chi connectivity index (χ0) is 18.0. The van der Waals surface area contributed by atoms with Crippen molar-refractivity contribution in [2.75, 3.05) is 5.32 Å². The minimum absolute atomic E-state index is 0.00637. The number of nitro benzene ring substituents is 1. The molecule has 1 aliphatic rings. The van der Waals surface area contributed by atoms with Gasteiger partial charge >= 0.3 is 0 Å². The molecule has 0 spiro atoms. The number of nitrogens with zero attached hydrogens (tertiary/aromatic N) is 2. The molecular weight excluding hydrogens is 318 g/mol. The Labute approximate surface area is 146 Å². The van der Waals surface area contributed by atoms with Crippen LogP contribution < -0.4 is 10.1 Å². The standard InChI is InChI=1S/C19H19N3O3/c1-19(2,3)21-18-12-17(13-7-5-4-6-8-13)25-16-10-9-14(22(23)24)11-15(16)20-18/h4-12H,1-3H3,(H,20,21). The van der Waals surface area contributed by atoms with Crippen molar-refractivity contribution in [1.82, 2.24) is 0 Å². The van der Waals surface area contributed by atoms with Gasteiger partial charge in [-0.05, 0) is 26.8 Å². The molecule has 0 saturated carbocycles. The SMILES string of the molecule is CC(C)(C)N=C1C=C(c2ccccc2)Oc2ccc([N+](=O)[O-])cc2N1. The van der Waals surface area contributed by atoms with Gasteiger partial charge in [0, 0.05) is 23.8 Å². The summed E-state index contributed by atoms with van der Waals surface area (Å²) >= 11 is 0. The van der Waals surface area contributed by atoms with Crippen molar-refractivity contribution in [2.24, 2.45) is 4.99 Å². The molecule has 2 aromatic rings. The summed E-state index contributed by atoms with van der Waals surface area (Å²) < 4.78 is 6.02. The Morgan fingerprint density at radius 2 is 1.84 bits per heavy atom. The van der Waals surface area contributed by atoms with Crippen LogP contribution in [0.15, 0.2) is 59.6 Å². The molecule has 6 nitrogen and oxygen atoms in total. The summed E-state index contributed by atoms with van der Waals surface area (Å²) in [4.78, 5) is 15.3. The van der Waals surface area contributed by atoms with E-state index in [1.807, 2.05) is 57.2 Å². The lowest BCUT2D eigenvalue weighted by molar-refractivity contribution is -0.384. The van der Waals surface area contributed by atoms with Gasteiger partial charge in [-0.3, -0.25) is 15.1 Å². The van der Waals surface area contributed by atoms with Gasteiger partial charge in [-0.1, -0.05) is 30.3 Å². The highest BCUT2D eigenvalue weighted by Gasteiger charge is 2.20. The first kappa shape index (κ1) is 16.7. The van der Waals surface area contributed by atoms with Crippen LogP contribution in [0.3, 0.4) is 0 Å². The zero-order valence-electron chi connectivity index (χ0n) is 14.3. The van der Waals surface area contributed by atoms with Crippen molar-refractivity contribution in [3.8, 4) is 5.75 Å². The highest BCUT2D eigenvalue weighted by Crippen LogP contribution is 2.34. The van der Waals surface area contributed by atoms with Gasteiger partial charge in [-0.2, -0.15) is 0 Å². The van der Waals surface area contributed by atoms with Gasteiger partial charge in [0.25, 0.3) is 5.69 Å². The van der Waals surface area contributed by atoms with E-state index in [0.717, 1.165) is 5.56 Å². The van der Waals surface area contributed by atoms with Gasteiger partial charge in [0.05, 0.1) is 16.1 Å². The van der Waals surface area contributed by atoms with E-state index in [9.17, 15) is 10.1 Å². The summed E-state index contributed by atoms with van der Waals surface area (Å²) in [5.41, 5.74) is 1.09. The predicted molar refractivity (Wildman–Crippen MR) is 99.0 cm³/mol. The molecule has 0 aromatic heterocycles. The number of nitrogens with one attached hydrogen (secondary N) is 1. The zero-order valence-corrected chi connectivity index (χ0v) is 14.3. The molecule has 0 amide bonds. The van der Waals surface area contributed by atoms with Crippen LogP contribution in [0.5, 0.6) is 5.75 Å². The van der Waals surface area contributed by atoms with Gasteiger partial charge in [0.2, 0.25) is 0 Å². The molecule has 2 aromatic carbocycles. The first-order chi connectivity index (χ1) is 11.8. The summed E-state index contributed by atoms with van der Waals surface area (Å²) in [7, 11) is 0. The van der Waals surface area contributed by atoms with Crippen molar-refractivity contribution < 1.29 is 9.66 Å². The van der Waals surface area contributed by atoms with Crippen LogP contribution in [-0.4, -0.2) is 16.3 Å². The quantitative estimate of drug-likeness (QED) is 0.640. The molecule has 0 unspecified atom stereocenters. The normalized spacial score (nSPS) is 15.5. The van der Waals surface area contributed by atoms with Crippen LogP contribution in [0.25, 0.3) is 5.76 Å². The number of fused-ring (bicyclic) bond motifs is 1. The predicted octanol–water partition coefficient (Wildman–Crippen LogP) is 4.64. The van der Waals surface area contributed by atoms with Gasteiger partial charge in [-0.25, -0.2) is 0 Å². The lowest BCUT2D eigenvalue weighted by Gasteiger charge is -2.14. The average Bonchev–Trinajstić information content (AvgIpc) is 2.72. The Hall–Kier alpha value is -3.15. The van der Waals surface area contributed by atoms with E-state index in [2.05, 4.69) is 10.3 Å². The van der Waals surface area contributed by atoms with Crippen LogP contribution in [0.2, 0.25) is 0 Å². The van der Waals surface area contributed by atoms with E-state index in [1.54, 1.807) is 6.07 Å². The summed E-state index contributed by atoms with van der Waals surface area (Å²) in [6.45, 7) is 5.95. The molecule has 0 fully saturated rings. The van der Waals surface area contributed by atoms with Crippen LogP contribution >= 0.6 is 0 Å². The second kappa shape index (κ2) is 6.39. The van der Waals surface area contributed by atoms with E-state index >= 15 is 0 Å².